The van der Waals surface area contributed by atoms with Gasteiger partial charge < -0.3 is 15.2 Å². The Bertz CT molecular complexity index is 1300. The van der Waals surface area contributed by atoms with Gasteiger partial charge in [-0.05, 0) is 71.7 Å². The van der Waals surface area contributed by atoms with Crippen LogP contribution in [0.15, 0.2) is 24.4 Å². The molecule has 3 N–H and O–H groups in total. The number of anilines is 1. The van der Waals surface area contributed by atoms with Crippen LogP contribution in [0.5, 0.6) is 11.5 Å². The molecule has 0 spiro atoms. The van der Waals surface area contributed by atoms with E-state index in [4.69, 9.17) is 15.2 Å². The van der Waals surface area contributed by atoms with E-state index < -0.39 is 14.9 Å². The molecule has 7 nitrogen and oxygen atoms in total. The molecule has 2 aromatic carbocycles. The first-order valence-electron chi connectivity index (χ1n) is 10.0. The number of fused-ring (bicyclic) bond motifs is 7. The SMILES string of the molecule is COc1cc2c3c(c4ncc(N)cc4c2cc1OC)CC1CCCC1(S(=O)(=O)O)C3. The zero-order chi connectivity index (χ0) is 21.3. The van der Waals surface area contributed by atoms with Gasteiger partial charge >= 0.3 is 0 Å². The van der Waals surface area contributed by atoms with E-state index in [0.717, 1.165) is 45.6 Å². The molecular formula is C22H24N2O5S. The minimum atomic E-state index is -4.22. The lowest BCUT2D eigenvalue weighted by atomic mass is 9.74. The lowest BCUT2D eigenvalue weighted by molar-refractivity contribution is 0.340. The summed E-state index contributed by atoms with van der Waals surface area (Å²) in [7, 11) is -1.07. The second-order valence-corrected chi connectivity index (χ2v) is 10.1. The number of nitrogens with zero attached hydrogens (tertiary/aromatic N) is 1. The van der Waals surface area contributed by atoms with E-state index in [0.29, 0.717) is 30.0 Å². The van der Waals surface area contributed by atoms with Crippen LogP contribution < -0.4 is 15.2 Å². The van der Waals surface area contributed by atoms with Crippen LogP contribution in [-0.4, -0.2) is 36.9 Å². The van der Waals surface area contributed by atoms with Crippen molar-refractivity contribution in [2.45, 2.75) is 36.9 Å². The second kappa shape index (κ2) is 6.46. The molecule has 2 aliphatic rings. The van der Waals surface area contributed by atoms with Crippen molar-refractivity contribution in [3.05, 3.63) is 35.5 Å². The van der Waals surface area contributed by atoms with Gasteiger partial charge in [-0.3, -0.25) is 9.54 Å². The number of rotatable bonds is 3. The van der Waals surface area contributed by atoms with Gasteiger partial charge in [0.15, 0.2) is 11.5 Å². The third-order valence-corrected chi connectivity index (χ3v) is 8.74. The molecule has 1 fully saturated rings. The Balaban J connectivity index is 1.91. The van der Waals surface area contributed by atoms with E-state index in [1.165, 1.54) is 0 Å². The second-order valence-electron chi connectivity index (χ2n) is 8.38. The Morgan fingerprint density at radius 1 is 1.10 bits per heavy atom. The minimum absolute atomic E-state index is 0.125. The van der Waals surface area contributed by atoms with Gasteiger partial charge in [0.1, 0.15) is 4.75 Å². The summed E-state index contributed by atoms with van der Waals surface area (Å²) in [5.41, 5.74) is 9.38. The Labute approximate surface area is 174 Å². The minimum Gasteiger partial charge on any atom is -0.493 e. The topological polar surface area (TPSA) is 112 Å². The molecule has 1 heterocycles. The van der Waals surface area contributed by atoms with Crippen LogP contribution in [0.2, 0.25) is 0 Å². The number of nitrogen functional groups attached to an aromatic ring is 1. The number of aromatic nitrogens is 1. The van der Waals surface area contributed by atoms with Crippen molar-refractivity contribution in [2.75, 3.05) is 20.0 Å². The summed E-state index contributed by atoms with van der Waals surface area (Å²) in [4.78, 5) is 4.63. The number of benzene rings is 2. The number of pyridine rings is 1. The average molecular weight is 429 g/mol. The molecule has 5 rings (SSSR count). The van der Waals surface area contributed by atoms with E-state index >= 15 is 0 Å². The summed E-state index contributed by atoms with van der Waals surface area (Å²) >= 11 is 0. The fourth-order valence-corrected chi connectivity index (χ4v) is 6.97. The summed E-state index contributed by atoms with van der Waals surface area (Å²) in [6, 6.07) is 5.68. The lowest BCUT2D eigenvalue weighted by Crippen LogP contribution is -2.47. The summed E-state index contributed by atoms with van der Waals surface area (Å²) in [6.45, 7) is 0. The van der Waals surface area contributed by atoms with Crippen molar-refractivity contribution in [1.82, 2.24) is 4.98 Å². The van der Waals surface area contributed by atoms with E-state index in [-0.39, 0.29) is 12.3 Å². The summed E-state index contributed by atoms with van der Waals surface area (Å²) in [6.07, 6.45) is 4.49. The highest BCUT2D eigenvalue weighted by Gasteiger charge is 2.55. The smallest absolute Gasteiger partial charge is 0.271 e. The zero-order valence-corrected chi connectivity index (χ0v) is 17.8. The molecule has 0 aliphatic heterocycles. The number of hydrogen-bond donors (Lipinski definition) is 2. The Hall–Kier alpha value is -2.58. The molecule has 0 amide bonds. The first-order chi connectivity index (χ1) is 14.3. The molecule has 158 valence electrons. The molecule has 2 unspecified atom stereocenters. The molecule has 3 aromatic rings. The predicted molar refractivity (Wildman–Crippen MR) is 116 cm³/mol. The van der Waals surface area contributed by atoms with Crippen LogP contribution in [0.3, 0.4) is 0 Å². The zero-order valence-electron chi connectivity index (χ0n) is 16.9. The van der Waals surface area contributed by atoms with Crippen LogP contribution in [-0.2, 0) is 23.0 Å². The van der Waals surface area contributed by atoms with Crippen molar-refractivity contribution in [1.29, 1.82) is 0 Å². The van der Waals surface area contributed by atoms with E-state index in [1.54, 1.807) is 20.4 Å². The molecule has 2 aliphatic carbocycles. The van der Waals surface area contributed by atoms with Gasteiger partial charge in [0.25, 0.3) is 10.1 Å². The average Bonchev–Trinajstić information content (AvgIpc) is 3.16. The molecule has 0 radical (unpaired) electrons. The molecule has 2 atom stereocenters. The monoisotopic (exact) mass is 428 g/mol. The quantitative estimate of drug-likeness (QED) is 0.485. The van der Waals surface area contributed by atoms with Crippen LogP contribution in [0, 0.1) is 5.92 Å². The van der Waals surface area contributed by atoms with Crippen molar-refractivity contribution in [2.24, 2.45) is 5.92 Å². The van der Waals surface area contributed by atoms with Crippen LogP contribution >= 0.6 is 0 Å². The Morgan fingerprint density at radius 3 is 2.47 bits per heavy atom. The number of nitrogens with two attached hydrogens (primary N) is 1. The van der Waals surface area contributed by atoms with Gasteiger partial charge in [-0.2, -0.15) is 8.42 Å². The highest BCUT2D eigenvalue weighted by Crippen LogP contribution is 2.52. The van der Waals surface area contributed by atoms with Gasteiger partial charge in [-0.25, -0.2) is 0 Å². The summed E-state index contributed by atoms with van der Waals surface area (Å²) in [5.74, 6) is 1.02. The third kappa shape index (κ3) is 2.53. The molecule has 30 heavy (non-hydrogen) atoms. The van der Waals surface area contributed by atoms with Crippen molar-refractivity contribution >= 4 is 37.5 Å². The van der Waals surface area contributed by atoms with Crippen LogP contribution in [0.4, 0.5) is 5.69 Å². The van der Waals surface area contributed by atoms with Gasteiger partial charge in [-0.15, -0.1) is 0 Å². The molecule has 0 bridgehead atoms. The Morgan fingerprint density at radius 2 is 1.80 bits per heavy atom. The fourth-order valence-electron chi connectivity index (χ4n) is 5.62. The highest BCUT2D eigenvalue weighted by molar-refractivity contribution is 7.87. The third-order valence-electron chi connectivity index (χ3n) is 7.03. The predicted octanol–water partition coefficient (Wildman–Crippen LogP) is 3.51. The lowest BCUT2D eigenvalue weighted by Gasteiger charge is -2.38. The standard InChI is InChI=1S/C22H24N2O5S/c1-28-19-8-14-15(9-20(19)29-2)18-10-22(30(25,26)27)5-3-4-12(22)6-16(18)21-17(14)7-13(23)11-24-21/h7-9,11-12H,3-6,10,23H2,1-2H3,(H,25,26,27). The van der Waals surface area contributed by atoms with Crippen LogP contribution in [0.25, 0.3) is 21.7 Å². The van der Waals surface area contributed by atoms with E-state index in [1.807, 2.05) is 18.2 Å². The maximum atomic E-state index is 12.5. The maximum Gasteiger partial charge on any atom is 0.271 e. The maximum absolute atomic E-state index is 12.5. The van der Waals surface area contributed by atoms with Crippen molar-refractivity contribution in [3.8, 4) is 11.5 Å². The number of ether oxygens (including phenoxy) is 2. The van der Waals surface area contributed by atoms with Crippen molar-refractivity contribution in [3.63, 3.8) is 0 Å². The number of methoxy groups -OCH3 is 2. The first kappa shape index (κ1) is 19.4. The van der Waals surface area contributed by atoms with Gasteiger partial charge in [0.2, 0.25) is 0 Å². The largest absolute Gasteiger partial charge is 0.493 e. The summed E-state index contributed by atoms with van der Waals surface area (Å²) < 4.78 is 45.2. The molecule has 8 heteroatoms. The van der Waals surface area contributed by atoms with Gasteiger partial charge in [-0.1, -0.05) is 6.42 Å². The van der Waals surface area contributed by atoms with E-state index in [9.17, 15) is 13.0 Å². The molecule has 1 aromatic heterocycles. The molecule has 1 saturated carbocycles. The van der Waals surface area contributed by atoms with Crippen LogP contribution in [0.1, 0.15) is 30.4 Å². The molecular weight excluding hydrogens is 404 g/mol. The van der Waals surface area contributed by atoms with Gasteiger partial charge in [0.05, 0.1) is 31.6 Å². The first-order valence-corrected chi connectivity index (χ1v) is 11.4. The highest BCUT2D eigenvalue weighted by atomic mass is 32.2. The van der Waals surface area contributed by atoms with Crippen molar-refractivity contribution < 1.29 is 22.4 Å². The molecule has 0 saturated heterocycles. The Kier molecular flexibility index (Phi) is 4.17. The number of hydrogen-bond acceptors (Lipinski definition) is 6. The fraction of sp³-hybridized carbons (Fsp3) is 0.409. The summed E-state index contributed by atoms with van der Waals surface area (Å²) in [5, 5.41) is 2.67. The normalized spacial score (nSPS) is 23.4. The van der Waals surface area contributed by atoms with Gasteiger partial charge in [0, 0.05) is 5.39 Å². The van der Waals surface area contributed by atoms with E-state index in [2.05, 4.69) is 4.98 Å².